The Hall–Kier alpha value is -2.68. The van der Waals surface area contributed by atoms with Crippen LogP contribution in [0.15, 0.2) is 48.7 Å². The quantitative estimate of drug-likeness (QED) is 0.163. The number of ether oxygens (including phenoxy) is 3. The minimum absolute atomic E-state index is 0.126. The average Bonchev–Trinajstić information content (AvgIpc) is 3.35. The van der Waals surface area contributed by atoms with Gasteiger partial charge in [-0.1, -0.05) is 69.4 Å². The summed E-state index contributed by atoms with van der Waals surface area (Å²) < 4.78 is 19.7. The zero-order valence-corrected chi connectivity index (χ0v) is 26.1. The van der Waals surface area contributed by atoms with E-state index in [2.05, 4.69) is 76.1 Å². The molecule has 1 amide bonds. The zero-order chi connectivity index (χ0) is 28.6. The highest BCUT2D eigenvalue weighted by Crippen LogP contribution is 2.36. The predicted molar refractivity (Wildman–Crippen MR) is 163 cm³/mol. The number of benzene rings is 2. The predicted octanol–water partition coefficient (Wildman–Crippen LogP) is 7.14. The maximum atomic E-state index is 12.5. The number of carbonyl (C=O) groups excluding carboxylic acids is 1. The molecule has 0 saturated carbocycles. The number of aromatic nitrogens is 2. The van der Waals surface area contributed by atoms with Crippen LogP contribution in [0.3, 0.4) is 0 Å². The molecule has 1 aliphatic rings. The fourth-order valence-electron chi connectivity index (χ4n) is 5.31. The fraction of sp³-hybridized carbons (Fsp3) is 0.562. The lowest BCUT2D eigenvalue weighted by Crippen LogP contribution is -2.47. The van der Waals surface area contributed by atoms with Gasteiger partial charge in [-0.2, -0.15) is 5.10 Å². The van der Waals surface area contributed by atoms with Gasteiger partial charge in [0.1, 0.15) is 6.73 Å². The molecule has 218 valence electrons. The highest BCUT2D eigenvalue weighted by atomic mass is 28.3. The van der Waals surface area contributed by atoms with Crippen LogP contribution in [0.25, 0.3) is 10.9 Å². The number of fused-ring (bicyclic) bond motifs is 1. The number of carbonyl (C=O) groups is 1. The molecule has 0 aliphatic carbocycles. The Labute approximate surface area is 240 Å². The zero-order valence-electron chi connectivity index (χ0n) is 25.1. The maximum Gasteiger partial charge on any atom is 0.409 e. The second-order valence-electron chi connectivity index (χ2n) is 12.5. The van der Waals surface area contributed by atoms with Crippen LogP contribution >= 0.6 is 0 Å². The van der Waals surface area contributed by atoms with Crippen LogP contribution in [-0.4, -0.2) is 61.8 Å². The van der Waals surface area contributed by atoms with Crippen molar-refractivity contribution in [3.05, 3.63) is 65.4 Å². The summed E-state index contributed by atoms with van der Waals surface area (Å²) in [4.78, 5) is 14.4. The van der Waals surface area contributed by atoms with Crippen LogP contribution in [0, 0.1) is 6.92 Å². The van der Waals surface area contributed by atoms with E-state index in [1.54, 1.807) is 0 Å². The van der Waals surface area contributed by atoms with Crippen molar-refractivity contribution < 1.29 is 19.0 Å². The number of hydrogen-bond donors (Lipinski definition) is 0. The highest BCUT2D eigenvalue weighted by Gasteiger charge is 2.38. The van der Waals surface area contributed by atoms with Crippen LogP contribution in [0.1, 0.15) is 49.3 Å². The van der Waals surface area contributed by atoms with E-state index in [4.69, 9.17) is 19.3 Å². The van der Waals surface area contributed by atoms with Crippen molar-refractivity contribution in [3.8, 4) is 0 Å². The van der Waals surface area contributed by atoms with E-state index in [0.717, 1.165) is 60.4 Å². The first-order valence-electron chi connectivity index (χ1n) is 14.8. The Morgan fingerprint density at radius 1 is 1.05 bits per heavy atom. The van der Waals surface area contributed by atoms with Gasteiger partial charge in [-0.3, -0.25) is 0 Å². The van der Waals surface area contributed by atoms with Gasteiger partial charge in [0.2, 0.25) is 0 Å². The van der Waals surface area contributed by atoms with Crippen molar-refractivity contribution in [1.29, 1.82) is 0 Å². The summed E-state index contributed by atoms with van der Waals surface area (Å²) >= 11 is 0. The van der Waals surface area contributed by atoms with Crippen molar-refractivity contribution in [2.75, 3.05) is 32.9 Å². The lowest BCUT2D eigenvalue weighted by atomic mass is 9.73. The van der Waals surface area contributed by atoms with Crippen LogP contribution in [-0.2, 0) is 33.0 Å². The van der Waals surface area contributed by atoms with E-state index in [-0.39, 0.29) is 11.5 Å². The molecule has 0 spiro atoms. The summed E-state index contributed by atoms with van der Waals surface area (Å²) in [6.45, 7) is 15.5. The molecule has 1 aliphatic heterocycles. The van der Waals surface area contributed by atoms with E-state index >= 15 is 0 Å². The summed E-state index contributed by atoms with van der Waals surface area (Å²) in [6, 6.07) is 16.1. The van der Waals surface area contributed by atoms with E-state index in [1.807, 2.05) is 15.6 Å². The Morgan fingerprint density at radius 2 is 1.80 bits per heavy atom. The maximum absolute atomic E-state index is 12.5. The molecule has 8 heteroatoms. The lowest BCUT2D eigenvalue weighted by molar-refractivity contribution is 0.0309. The number of rotatable bonds is 13. The van der Waals surface area contributed by atoms with Crippen molar-refractivity contribution in [1.82, 2.24) is 14.7 Å². The number of piperidine rings is 1. The third-order valence-corrected chi connectivity index (χ3v) is 9.57. The summed E-state index contributed by atoms with van der Waals surface area (Å²) in [7, 11) is -1.10. The lowest BCUT2D eigenvalue weighted by Gasteiger charge is -2.41. The first-order valence-corrected chi connectivity index (χ1v) is 18.5. The largest absolute Gasteiger partial charge is 0.449 e. The van der Waals surface area contributed by atoms with Gasteiger partial charge >= 0.3 is 6.09 Å². The van der Waals surface area contributed by atoms with Gasteiger partial charge in [0.25, 0.3) is 0 Å². The molecule has 3 aromatic rings. The van der Waals surface area contributed by atoms with Gasteiger partial charge in [-0.25, -0.2) is 9.48 Å². The van der Waals surface area contributed by atoms with Crippen LogP contribution in [0.5, 0.6) is 0 Å². The molecule has 0 atom stereocenters. The van der Waals surface area contributed by atoms with E-state index in [1.165, 1.54) is 5.56 Å². The van der Waals surface area contributed by atoms with Crippen molar-refractivity contribution in [3.63, 3.8) is 0 Å². The van der Waals surface area contributed by atoms with Crippen LogP contribution in [0.2, 0.25) is 25.7 Å². The topological polar surface area (TPSA) is 65.8 Å². The SMILES string of the molecule is CCCCOC(=O)N1CCC(COCc2cc(C)c3nn(COCC[Si](C)(C)C)cc3c2)(c2ccccc2)CC1. The van der Waals surface area contributed by atoms with Gasteiger partial charge in [-0.05, 0) is 55.0 Å². The first kappa shape index (κ1) is 30.3. The summed E-state index contributed by atoms with van der Waals surface area (Å²) in [6.07, 6.45) is 5.50. The number of unbranched alkanes of at least 4 members (excludes halogenated alkanes) is 1. The fourth-order valence-corrected chi connectivity index (χ4v) is 6.06. The van der Waals surface area contributed by atoms with Gasteiger partial charge in [0, 0.05) is 44.8 Å². The van der Waals surface area contributed by atoms with Gasteiger partial charge in [0.15, 0.2) is 0 Å². The number of likely N-dealkylation sites (tertiary alicyclic amines) is 1. The Kier molecular flexibility index (Phi) is 10.4. The molecular formula is C32H47N3O4Si. The van der Waals surface area contributed by atoms with Gasteiger partial charge in [0.05, 0.1) is 25.3 Å². The second-order valence-corrected chi connectivity index (χ2v) is 18.1. The molecule has 4 rings (SSSR count). The van der Waals surface area contributed by atoms with E-state index < -0.39 is 8.07 Å². The van der Waals surface area contributed by atoms with E-state index in [9.17, 15) is 4.79 Å². The summed E-state index contributed by atoms with van der Waals surface area (Å²) in [5.74, 6) is 0. The third-order valence-electron chi connectivity index (χ3n) is 7.86. The molecular weight excluding hydrogens is 518 g/mol. The standard InChI is InChI=1S/C32H47N3O4Si/c1-6-7-17-39-31(36)34-15-13-32(14-16-34,29-11-9-8-10-12-29)24-38-23-27-20-26(2)30-28(21-27)22-35(33-30)25-37-18-19-40(3,4)5/h8-12,20-22H,6-7,13-19,23-25H2,1-5H3. The monoisotopic (exact) mass is 565 g/mol. The minimum Gasteiger partial charge on any atom is -0.449 e. The van der Waals surface area contributed by atoms with Gasteiger partial charge in [-0.15, -0.1) is 0 Å². The smallest absolute Gasteiger partial charge is 0.409 e. The summed E-state index contributed by atoms with van der Waals surface area (Å²) in [5.41, 5.74) is 4.44. The number of hydrogen-bond acceptors (Lipinski definition) is 5. The molecule has 7 nitrogen and oxygen atoms in total. The molecule has 1 aromatic heterocycles. The van der Waals surface area contributed by atoms with Crippen molar-refractivity contribution in [2.45, 2.75) is 84.0 Å². The average molecular weight is 566 g/mol. The minimum atomic E-state index is -1.10. The normalized spacial score (nSPS) is 15.5. The molecule has 2 heterocycles. The molecule has 2 aromatic carbocycles. The molecule has 1 saturated heterocycles. The molecule has 0 bridgehead atoms. The number of nitrogens with zero attached hydrogens (tertiary/aromatic N) is 3. The molecule has 0 radical (unpaired) electrons. The number of amides is 1. The Morgan fingerprint density at radius 3 is 2.50 bits per heavy atom. The molecule has 40 heavy (non-hydrogen) atoms. The molecule has 1 fully saturated rings. The molecule has 0 N–H and O–H groups in total. The Balaban J connectivity index is 1.37. The van der Waals surface area contributed by atoms with Gasteiger partial charge < -0.3 is 19.1 Å². The highest BCUT2D eigenvalue weighted by molar-refractivity contribution is 6.76. The third kappa shape index (κ3) is 8.18. The van der Waals surface area contributed by atoms with Crippen molar-refractivity contribution in [2.24, 2.45) is 0 Å². The second kappa shape index (κ2) is 13.8. The van der Waals surface area contributed by atoms with Crippen LogP contribution in [0.4, 0.5) is 4.79 Å². The molecule has 0 unspecified atom stereocenters. The van der Waals surface area contributed by atoms with Crippen molar-refractivity contribution >= 4 is 25.1 Å². The van der Waals surface area contributed by atoms with E-state index in [0.29, 0.717) is 39.6 Å². The van der Waals surface area contributed by atoms with Crippen LogP contribution < -0.4 is 0 Å². The Bertz CT molecular complexity index is 1230. The first-order chi connectivity index (χ1) is 19.2. The summed E-state index contributed by atoms with van der Waals surface area (Å²) in [5, 5.41) is 5.87. The number of aryl methyl sites for hydroxylation is 1.